The largest absolute Gasteiger partial charge is 0.496 e. The van der Waals surface area contributed by atoms with Gasteiger partial charge in [-0.15, -0.1) is 0 Å². The summed E-state index contributed by atoms with van der Waals surface area (Å²) in [6.45, 7) is 4.29. The molecule has 0 atom stereocenters. The third kappa shape index (κ3) is 5.21. The van der Waals surface area contributed by atoms with Gasteiger partial charge in [-0.25, -0.2) is 0 Å². The average Bonchev–Trinajstić information content (AvgIpc) is 2.84. The summed E-state index contributed by atoms with van der Waals surface area (Å²) in [5.41, 5.74) is 4.09. The van der Waals surface area contributed by atoms with Gasteiger partial charge in [-0.3, -0.25) is 19.8 Å². The number of carbonyl (C=O) groups excluding carboxylic acids is 2. The molecule has 35 heavy (non-hydrogen) atoms. The molecule has 178 valence electrons. The van der Waals surface area contributed by atoms with Crippen LogP contribution >= 0.6 is 23.8 Å². The predicted octanol–water partition coefficient (Wildman–Crippen LogP) is 5.38. The van der Waals surface area contributed by atoms with Gasteiger partial charge in [0.2, 0.25) is 0 Å². The lowest BCUT2D eigenvalue weighted by Gasteiger charge is -2.29. The highest BCUT2D eigenvalue weighted by molar-refractivity contribution is 7.80. The van der Waals surface area contributed by atoms with E-state index in [9.17, 15) is 9.59 Å². The first-order valence-electron chi connectivity index (χ1n) is 10.8. The fraction of sp³-hybridized carbons (Fsp3) is 0.148. The third-order valence-corrected chi connectivity index (χ3v) is 6.28. The lowest BCUT2D eigenvalue weighted by molar-refractivity contribution is -0.122. The van der Waals surface area contributed by atoms with Gasteiger partial charge in [0.05, 0.1) is 12.8 Å². The summed E-state index contributed by atoms with van der Waals surface area (Å²) in [5, 5.41) is 3.12. The van der Waals surface area contributed by atoms with E-state index in [1.54, 1.807) is 43.5 Å². The van der Waals surface area contributed by atoms with Crippen LogP contribution in [-0.2, 0) is 16.2 Å². The van der Waals surface area contributed by atoms with Crippen LogP contribution in [0.3, 0.4) is 0 Å². The Morgan fingerprint density at radius 3 is 2.49 bits per heavy atom. The summed E-state index contributed by atoms with van der Waals surface area (Å²) in [6, 6.07) is 17.9. The Labute approximate surface area is 214 Å². The van der Waals surface area contributed by atoms with Gasteiger partial charge >= 0.3 is 0 Å². The molecule has 0 bridgehead atoms. The van der Waals surface area contributed by atoms with Crippen LogP contribution in [0, 0.1) is 13.8 Å². The molecular formula is C27H23ClN2O4S. The molecule has 6 nitrogen and oxygen atoms in total. The standard InChI is InChI=1S/C27H23ClN2O4S/c1-16-5-4-6-23(17(16)2)34-15-19-13-18(7-12-24(19)33-3)14-22-25(31)29-27(35)30(26(22)32)21-10-8-20(28)9-11-21/h4-14H,15H2,1-3H3,(H,29,31,35). The van der Waals surface area contributed by atoms with Crippen molar-refractivity contribution >= 4 is 52.5 Å². The van der Waals surface area contributed by atoms with Crippen molar-refractivity contribution in [3.05, 3.63) is 93.5 Å². The first-order chi connectivity index (χ1) is 16.8. The number of hydrogen-bond acceptors (Lipinski definition) is 5. The Morgan fingerprint density at radius 2 is 1.77 bits per heavy atom. The zero-order valence-electron chi connectivity index (χ0n) is 19.4. The summed E-state index contributed by atoms with van der Waals surface area (Å²) in [5.74, 6) is 0.338. The van der Waals surface area contributed by atoms with Crippen LogP contribution in [0.2, 0.25) is 5.02 Å². The zero-order valence-corrected chi connectivity index (χ0v) is 21.0. The second-order valence-corrected chi connectivity index (χ2v) is 8.82. The maximum Gasteiger partial charge on any atom is 0.270 e. The van der Waals surface area contributed by atoms with Gasteiger partial charge in [0.1, 0.15) is 23.7 Å². The van der Waals surface area contributed by atoms with Gasteiger partial charge in [0, 0.05) is 10.6 Å². The number of hydrogen-bond donors (Lipinski definition) is 1. The Morgan fingerprint density at radius 1 is 1.03 bits per heavy atom. The Balaban J connectivity index is 1.64. The molecule has 3 aromatic carbocycles. The highest BCUT2D eigenvalue weighted by Crippen LogP contribution is 2.28. The SMILES string of the molecule is COc1ccc(C=C2C(=O)NC(=S)N(c3ccc(Cl)cc3)C2=O)cc1COc1cccc(C)c1C. The van der Waals surface area contributed by atoms with E-state index in [0.717, 1.165) is 22.4 Å². The van der Waals surface area contributed by atoms with Crippen LogP contribution in [0.15, 0.2) is 66.2 Å². The van der Waals surface area contributed by atoms with E-state index in [1.807, 2.05) is 38.1 Å². The van der Waals surface area contributed by atoms with E-state index in [0.29, 0.717) is 22.0 Å². The number of rotatable bonds is 6. The molecule has 0 unspecified atom stereocenters. The van der Waals surface area contributed by atoms with Gasteiger partial charge in [0.25, 0.3) is 11.8 Å². The number of halogens is 1. The van der Waals surface area contributed by atoms with Crippen molar-refractivity contribution in [2.45, 2.75) is 20.5 Å². The number of ether oxygens (including phenoxy) is 2. The fourth-order valence-electron chi connectivity index (χ4n) is 3.69. The fourth-order valence-corrected chi connectivity index (χ4v) is 4.09. The third-order valence-electron chi connectivity index (χ3n) is 5.74. The van der Waals surface area contributed by atoms with Crippen LogP contribution < -0.4 is 19.7 Å². The van der Waals surface area contributed by atoms with Gasteiger partial charge in [0.15, 0.2) is 5.11 Å². The van der Waals surface area contributed by atoms with Gasteiger partial charge < -0.3 is 9.47 Å². The molecule has 2 amide bonds. The minimum atomic E-state index is -0.561. The highest BCUT2D eigenvalue weighted by atomic mass is 35.5. The van der Waals surface area contributed by atoms with E-state index < -0.39 is 11.8 Å². The molecule has 4 rings (SSSR count). The van der Waals surface area contributed by atoms with Crippen LogP contribution in [0.4, 0.5) is 5.69 Å². The second-order valence-electron chi connectivity index (χ2n) is 7.99. The van der Waals surface area contributed by atoms with Crippen molar-refractivity contribution in [3.8, 4) is 11.5 Å². The van der Waals surface area contributed by atoms with Crippen molar-refractivity contribution in [2.75, 3.05) is 12.0 Å². The van der Waals surface area contributed by atoms with Gasteiger partial charge in [-0.1, -0.05) is 29.8 Å². The van der Waals surface area contributed by atoms with Crippen molar-refractivity contribution in [3.63, 3.8) is 0 Å². The molecule has 1 aliphatic heterocycles. The normalized spacial score (nSPS) is 14.8. The summed E-state index contributed by atoms with van der Waals surface area (Å²) < 4.78 is 11.5. The molecule has 0 aromatic heterocycles. The number of anilines is 1. The van der Waals surface area contributed by atoms with Crippen LogP contribution in [0.1, 0.15) is 22.3 Å². The molecule has 1 saturated heterocycles. The van der Waals surface area contributed by atoms with E-state index in [2.05, 4.69) is 5.32 Å². The summed E-state index contributed by atoms with van der Waals surface area (Å²) >= 11 is 11.2. The van der Waals surface area contributed by atoms with Crippen LogP contribution in [-0.4, -0.2) is 24.0 Å². The Kier molecular flexibility index (Phi) is 7.19. The number of methoxy groups -OCH3 is 1. The van der Waals surface area contributed by atoms with Gasteiger partial charge in [-0.05, 0) is 91.3 Å². The topological polar surface area (TPSA) is 67.9 Å². The molecule has 0 aliphatic carbocycles. The predicted molar refractivity (Wildman–Crippen MR) is 141 cm³/mol. The highest BCUT2D eigenvalue weighted by Gasteiger charge is 2.34. The number of amides is 2. The molecule has 0 radical (unpaired) electrons. The molecule has 1 N–H and O–H groups in total. The maximum atomic E-state index is 13.3. The first kappa shape index (κ1) is 24.4. The molecule has 8 heteroatoms. The lowest BCUT2D eigenvalue weighted by Crippen LogP contribution is -2.54. The minimum absolute atomic E-state index is 0.0109. The van der Waals surface area contributed by atoms with Crippen molar-refractivity contribution in [2.24, 2.45) is 0 Å². The number of thiocarbonyl (C=S) groups is 1. The van der Waals surface area contributed by atoms with Crippen molar-refractivity contribution in [1.29, 1.82) is 0 Å². The Hall–Kier alpha value is -3.68. The number of benzene rings is 3. The molecule has 1 fully saturated rings. The van der Waals surface area contributed by atoms with Crippen LogP contribution in [0.5, 0.6) is 11.5 Å². The lowest BCUT2D eigenvalue weighted by atomic mass is 10.0. The van der Waals surface area contributed by atoms with E-state index in [4.69, 9.17) is 33.3 Å². The number of nitrogens with zero attached hydrogens (tertiary/aromatic N) is 1. The number of aryl methyl sites for hydroxylation is 1. The second kappa shape index (κ2) is 10.3. The van der Waals surface area contributed by atoms with E-state index in [-0.39, 0.29) is 17.3 Å². The monoisotopic (exact) mass is 506 g/mol. The average molecular weight is 507 g/mol. The van der Waals surface area contributed by atoms with E-state index in [1.165, 1.54) is 11.0 Å². The summed E-state index contributed by atoms with van der Waals surface area (Å²) in [7, 11) is 1.58. The van der Waals surface area contributed by atoms with Crippen molar-refractivity contribution in [1.82, 2.24) is 5.32 Å². The molecule has 1 heterocycles. The van der Waals surface area contributed by atoms with Crippen LogP contribution in [0.25, 0.3) is 6.08 Å². The number of nitrogens with one attached hydrogen (secondary N) is 1. The van der Waals surface area contributed by atoms with Crippen molar-refractivity contribution < 1.29 is 19.1 Å². The van der Waals surface area contributed by atoms with E-state index >= 15 is 0 Å². The Bertz CT molecular complexity index is 1350. The number of carbonyl (C=O) groups is 2. The summed E-state index contributed by atoms with van der Waals surface area (Å²) in [6.07, 6.45) is 1.53. The molecule has 1 aliphatic rings. The zero-order chi connectivity index (χ0) is 25.1. The summed E-state index contributed by atoms with van der Waals surface area (Å²) in [4.78, 5) is 27.2. The minimum Gasteiger partial charge on any atom is -0.496 e. The van der Waals surface area contributed by atoms with Gasteiger partial charge in [-0.2, -0.15) is 0 Å². The molecule has 0 spiro atoms. The maximum absolute atomic E-state index is 13.3. The molecule has 3 aromatic rings. The molecule has 0 saturated carbocycles. The smallest absolute Gasteiger partial charge is 0.270 e. The quantitative estimate of drug-likeness (QED) is 0.276. The molecular weight excluding hydrogens is 484 g/mol. The first-order valence-corrected chi connectivity index (χ1v) is 11.6.